The normalized spacial score (nSPS) is 14.3. The van der Waals surface area contributed by atoms with Crippen LogP contribution >= 0.6 is 0 Å². The van der Waals surface area contributed by atoms with Gasteiger partial charge in [0.05, 0.1) is 5.56 Å². The van der Waals surface area contributed by atoms with Gasteiger partial charge in [0, 0.05) is 34.9 Å². The predicted octanol–water partition coefficient (Wildman–Crippen LogP) is 6.10. The summed E-state index contributed by atoms with van der Waals surface area (Å²) >= 11 is 0. The first kappa shape index (κ1) is 18.6. The summed E-state index contributed by atoms with van der Waals surface area (Å²) in [6.45, 7) is 0.272. The van der Waals surface area contributed by atoms with Crippen molar-refractivity contribution in [2.75, 3.05) is 5.32 Å². The van der Waals surface area contributed by atoms with Crippen molar-refractivity contribution >= 4 is 33.2 Å². The Morgan fingerprint density at radius 1 is 0.967 bits per heavy atom. The minimum Gasteiger partial charge on any atom is -0.457 e. The van der Waals surface area contributed by atoms with Gasteiger partial charge in [-0.15, -0.1) is 0 Å². The second-order valence-electron chi connectivity index (χ2n) is 7.97. The van der Waals surface area contributed by atoms with Crippen LogP contribution in [0.2, 0.25) is 0 Å². The maximum absolute atomic E-state index is 12.6. The molecule has 1 aromatic heterocycles. The molecule has 30 heavy (non-hydrogen) atoms. The maximum atomic E-state index is 12.6. The van der Waals surface area contributed by atoms with Crippen LogP contribution in [0.1, 0.15) is 41.6 Å². The van der Waals surface area contributed by atoms with Gasteiger partial charge < -0.3 is 10.1 Å². The van der Waals surface area contributed by atoms with Crippen LogP contribution < -0.4 is 5.32 Å². The zero-order chi connectivity index (χ0) is 20.3. The number of rotatable bonds is 5. The minimum atomic E-state index is -0.308. The molecule has 0 radical (unpaired) electrons. The largest absolute Gasteiger partial charge is 0.457 e. The Labute approximate surface area is 175 Å². The molecule has 0 saturated heterocycles. The molecule has 5 rings (SSSR count). The minimum absolute atomic E-state index is 0.272. The van der Waals surface area contributed by atoms with E-state index in [2.05, 4.69) is 22.4 Å². The van der Waals surface area contributed by atoms with E-state index in [1.807, 2.05) is 60.9 Å². The van der Waals surface area contributed by atoms with Crippen LogP contribution in [0, 0.1) is 0 Å². The molecular formula is C26H24N2O2. The fourth-order valence-corrected chi connectivity index (χ4v) is 4.35. The first-order valence-corrected chi connectivity index (χ1v) is 10.6. The number of esters is 1. The number of ether oxygens (including phenoxy) is 1. The van der Waals surface area contributed by atoms with Crippen molar-refractivity contribution < 1.29 is 9.53 Å². The smallest absolute Gasteiger partial charge is 0.338 e. The Hall–Kier alpha value is -3.40. The first-order chi connectivity index (χ1) is 14.8. The van der Waals surface area contributed by atoms with E-state index in [4.69, 9.17) is 4.74 Å². The summed E-state index contributed by atoms with van der Waals surface area (Å²) in [5, 5.41) is 8.11. The summed E-state index contributed by atoms with van der Waals surface area (Å²) in [4.78, 5) is 17.0. The van der Waals surface area contributed by atoms with E-state index in [1.165, 1.54) is 31.1 Å². The molecule has 1 aliphatic rings. The van der Waals surface area contributed by atoms with E-state index in [-0.39, 0.29) is 12.6 Å². The molecule has 1 N–H and O–H groups in total. The van der Waals surface area contributed by atoms with E-state index in [9.17, 15) is 4.79 Å². The monoisotopic (exact) mass is 396 g/mol. The van der Waals surface area contributed by atoms with Gasteiger partial charge in [-0.3, -0.25) is 4.98 Å². The Morgan fingerprint density at radius 2 is 1.80 bits per heavy atom. The van der Waals surface area contributed by atoms with Gasteiger partial charge in [-0.2, -0.15) is 0 Å². The lowest BCUT2D eigenvalue weighted by molar-refractivity contribution is 0.0473. The Kier molecular flexibility index (Phi) is 5.06. The highest BCUT2D eigenvalue weighted by Crippen LogP contribution is 2.34. The van der Waals surface area contributed by atoms with Gasteiger partial charge >= 0.3 is 5.97 Å². The number of aromatic nitrogens is 1. The molecule has 0 aliphatic heterocycles. The molecule has 0 amide bonds. The zero-order valence-corrected chi connectivity index (χ0v) is 16.8. The third-order valence-electron chi connectivity index (χ3n) is 5.92. The molecule has 4 nitrogen and oxygen atoms in total. The zero-order valence-electron chi connectivity index (χ0n) is 16.8. The molecule has 3 aromatic carbocycles. The van der Waals surface area contributed by atoms with Crippen molar-refractivity contribution in [3.8, 4) is 0 Å². The quantitative estimate of drug-likeness (QED) is 0.327. The average Bonchev–Trinajstić information content (AvgIpc) is 3.31. The highest BCUT2D eigenvalue weighted by Gasteiger charge is 2.17. The van der Waals surface area contributed by atoms with Crippen LogP contribution in [0.25, 0.3) is 21.5 Å². The van der Waals surface area contributed by atoms with Crippen molar-refractivity contribution in [1.29, 1.82) is 0 Å². The average molecular weight is 396 g/mol. The van der Waals surface area contributed by atoms with Gasteiger partial charge in [0.15, 0.2) is 0 Å². The number of carbonyl (C=O) groups is 1. The van der Waals surface area contributed by atoms with E-state index < -0.39 is 0 Å². The van der Waals surface area contributed by atoms with Gasteiger partial charge in [-0.25, -0.2) is 4.79 Å². The summed E-state index contributed by atoms with van der Waals surface area (Å²) in [6, 6.07) is 20.2. The highest BCUT2D eigenvalue weighted by atomic mass is 16.5. The van der Waals surface area contributed by atoms with E-state index >= 15 is 0 Å². The van der Waals surface area contributed by atoms with Crippen LogP contribution in [0.15, 0.2) is 73.1 Å². The van der Waals surface area contributed by atoms with Crippen molar-refractivity contribution in [3.63, 3.8) is 0 Å². The fraction of sp³-hybridized carbons (Fsp3) is 0.231. The number of pyridine rings is 1. The summed E-state index contributed by atoms with van der Waals surface area (Å²) in [7, 11) is 0. The van der Waals surface area contributed by atoms with E-state index in [1.54, 1.807) is 0 Å². The van der Waals surface area contributed by atoms with Crippen LogP contribution in [-0.4, -0.2) is 17.0 Å². The molecule has 0 bridgehead atoms. The van der Waals surface area contributed by atoms with Crippen LogP contribution in [-0.2, 0) is 11.3 Å². The summed E-state index contributed by atoms with van der Waals surface area (Å²) in [6.07, 6.45) is 8.71. The molecule has 1 heterocycles. The third-order valence-corrected chi connectivity index (χ3v) is 5.92. The number of hydrogen-bond acceptors (Lipinski definition) is 4. The molecule has 0 unspecified atom stereocenters. The molecule has 0 spiro atoms. The van der Waals surface area contributed by atoms with Gasteiger partial charge in [-0.1, -0.05) is 49.2 Å². The van der Waals surface area contributed by atoms with Crippen molar-refractivity contribution in [1.82, 2.24) is 4.98 Å². The standard InChI is InChI=1S/C26H24N2O2/c29-26(30-17-18-6-2-1-3-7-18)19-10-11-22-20(14-19)15-25(28-21-8-4-5-9-21)23-12-13-27-16-24(22)23/h1-3,6-7,10-16,21,28H,4-5,8-9,17H2. The second kappa shape index (κ2) is 8.15. The summed E-state index contributed by atoms with van der Waals surface area (Å²) < 4.78 is 5.52. The summed E-state index contributed by atoms with van der Waals surface area (Å²) in [5.74, 6) is -0.308. The van der Waals surface area contributed by atoms with Crippen molar-refractivity contribution in [3.05, 3.63) is 84.2 Å². The number of benzene rings is 3. The number of anilines is 1. The van der Waals surface area contributed by atoms with E-state index in [0.29, 0.717) is 11.6 Å². The van der Waals surface area contributed by atoms with Gasteiger partial charge in [-0.05, 0) is 53.4 Å². The topological polar surface area (TPSA) is 51.2 Å². The molecule has 1 saturated carbocycles. The first-order valence-electron chi connectivity index (χ1n) is 10.6. The van der Waals surface area contributed by atoms with Crippen molar-refractivity contribution in [2.45, 2.75) is 38.3 Å². The molecular weight excluding hydrogens is 372 g/mol. The number of carbonyl (C=O) groups excluding carboxylic acids is 1. The Balaban J connectivity index is 1.48. The number of hydrogen-bond donors (Lipinski definition) is 1. The van der Waals surface area contributed by atoms with Crippen LogP contribution in [0.3, 0.4) is 0 Å². The fourth-order valence-electron chi connectivity index (χ4n) is 4.35. The Morgan fingerprint density at radius 3 is 2.63 bits per heavy atom. The molecule has 150 valence electrons. The Bertz CT molecular complexity index is 1200. The van der Waals surface area contributed by atoms with Gasteiger partial charge in [0.2, 0.25) is 0 Å². The lowest BCUT2D eigenvalue weighted by Gasteiger charge is -2.17. The second-order valence-corrected chi connectivity index (χ2v) is 7.97. The van der Waals surface area contributed by atoms with Crippen LogP contribution in [0.4, 0.5) is 5.69 Å². The van der Waals surface area contributed by atoms with Gasteiger partial charge in [0.25, 0.3) is 0 Å². The SMILES string of the molecule is O=C(OCc1ccccc1)c1ccc2c(c1)cc(NC1CCCC1)c1ccncc12. The molecule has 4 aromatic rings. The number of nitrogens with one attached hydrogen (secondary N) is 1. The molecule has 4 heteroatoms. The maximum Gasteiger partial charge on any atom is 0.338 e. The predicted molar refractivity (Wildman–Crippen MR) is 121 cm³/mol. The summed E-state index contributed by atoms with van der Waals surface area (Å²) in [5.41, 5.74) is 2.65. The lowest BCUT2D eigenvalue weighted by Crippen LogP contribution is -2.14. The molecule has 1 aliphatic carbocycles. The van der Waals surface area contributed by atoms with Gasteiger partial charge in [0.1, 0.15) is 6.61 Å². The van der Waals surface area contributed by atoms with E-state index in [0.717, 1.165) is 27.4 Å². The van der Waals surface area contributed by atoms with Crippen molar-refractivity contribution in [2.24, 2.45) is 0 Å². The number of fused-ring (bicyclic) bond motifs is 3. The van der Waals surface area contributed by atoms with Crippen LogP contribution in [0.5, 0.6) is 0 Å². The highest BCUT2D eigenvalue weighted by molar-refractivity contribution is 6.13. The molecule has 0 atom stereocenters. The number of nitrogens with zero attached hydrogens (tertiary/aromatic N) is 1. The third kappa shape index (κ3) is 3.73. The lowest BCUT2D eigenvalue weighted by atomic mass is 9.99. The molecule has 1 fully saturated rings.